The van der Waals surface area contributed by atoms with Gasteiger partial charge in [0.25, 0.3) is 0 Å². The second-order valence-corrected chi connectivity index (χ2v) is 3.54. The maximum absolute atomic E-state index is 11.3. The maximum Gasteiger partial charge on any atom is 0.339 e. The first-order chi connectivity index (χ1) is 7.19. The van der Waals surface area contributed by atoms with Crippen molar-refractivity contribution in [1.29, 1.82) is 0 Å². The molecule has 0 aliphatic carbocycles. The molecule has 0 spiro atoms. The van der Waals surface area contributed by atoms with Gasteiger partial charge in [-0.2, -0.15) is 0 Å². The molecule has 0 fully saturated rings. The van der Waals surface area contributed by atoms with Gasteiger partial charge < -0.3 is 14.2 Å². The molecule has 1 aromatic rings. The number of halogens is 1. The third-order valence-electron chi connectivity index (χ3n) is 1.69. The average Bonchev–Trinajstić information content (AvgIpc) is 2.27. The SMILES string of the molecule is COCOc1ccc(Br)c(C(=O)OC)c1. The molecule has 5 heteroatoms. The van der Waals surface area contributed by atoms with Crippen LogP contribution in [0.5, 0.6) is 5.75 Å². The third kappa shape index (κ3) is 3.21. The highest BCUT2D eigenvalue weighted by molar-refractivity contribution is 9.10. The zero-order valence-corrected chi connectivity index (χ0v) is 10.0. The van der Waals surface area contributed by atoms with Crippen LogP contribution in [0.4, 0.5) is 0 Å². The molecule has 4 nitrogen and oxygen atoms in total. The average molecular weight is 275 g/mol. The minimum atomic E-state index is -0.412. The number of esters is 1. The van der Waals surface area contributed by atoms with E-state index in [-0.39, 0.29) is 6.79 Å². The molecule has 0 N–H and O–H groups in total. The molecule has 0 aromatic heterocycles. The number of methoxy groups -OCH3 is 2. The number of carbonyl (C=O) groups is 1. The Labute approximate surface area is 96.3 Å². The van der Waals surface area contributed by atoms with E-state index in [0.717, 1.165) is 0 Å². The summed E-state index contributed by atoms with van der Waals surface area (Å²) in [5, 5.41) is 0. The Kier molecular flexibility index (Phi) is 4.58. The highest BCUT2D eigenvalue weighted by Gasteiger charge is 2.11. The van der Waals surface area contributed by atoms with Gasteiger partial charge >= 0.3 is 5.97 Å². The second kappa shape index (κ2) is 5.72. The van der Waals surface area contributed by atoms with Crippen LogP contribution in [0.25, 0.3) is 0 Å². The molecule has 0 aliphatic rings. The summed E-state index contributed by atoms with van der Waals surface area (Å²) in [6, 6.07) is 5.04. The Bertz CT molecular complexity index is 351. The molecule has 1 aromatic carbocycles. The fourth-order valence-electron chi connectivity index (χ4n) is 0.988. The highest BCUT2D eigenvalue weighted by atomic mass is 79.9. The number of rotatable bonds is 4. The quantitative estimate of drug-likeness (QED) is 0.624. The molecule has 0 atom stereocenters. The number of benzene rings is 1. The van der Waals surface area contributed by atoms with Crippen molar-refractivity contribution >= 4 is 21.9 Å². The van der Waals surface area contributed by atoms with Gasteiger partial charge in [-0.1, -0.05) is 0 Å². The van der Waals surface area contributed by atoms with Crippen molar-refractivity contribution in [1.82, 2.24) is 0 Å². The summed E-state index contributed by atoms with van der Waals surface area (Å²) in [5.74, 6) is 0.144. The fraction of sp³-hybridized carbons (Fsp3) is 0.300. The first-order valence-corrected chi connectivity index (χ1v) is 4.98. The van der Waals surface area contributed by atoms with Crippen LogP contribution in [-0.4, -0.2) is 27.0 Å². The van der Waals surface area contributed by atoms with E-state index in [1.165, 1.54) is 14.2 Å². The monoisotopic (exact) mass is 274 g/mol. The molecule has 15 heavy (non-hydrogen) atoms. The van der Waals surface area contributed by atoms with Crippen LogP contribution < -0.4 is 4.74 Å². The first-order valence-electron chi connectivity index (χ1n) is 4.18. The van der Waals surface area contributed by atoms with Gasteiger partial charge in [0, 0.05) is 11.6 Å². The first kappa shape index (κ1) is 12.0. The van der Waals surface area contributed by atoms with Crippen molar-refractivity contribution in [3.8, 4) is 5.75 Å². The summed E-state index contributed by atoms with van der Waals surface area (Å²) in [6.07, 6.45) is 0. The van der Waals surface area contributed by atoms with Crippen LogP contribution in [0, 0.1) is 0 Å². The van der Waals surface area contributed by atoms with Crippen molar-refractivity contribution in [2.24, 2.45) is 0 Å². The van der Waals surface area contributed by atoms with Crippen molar-refractivity contribution in [3.63, 3.8) is 0 Å². The zero-order valence-electron chi connectivity index (χ0n) is 8.45. The van der Waals surface area contributed by atoms with E-state index < -0.39 is 5.97 Å². The number of hydrogen-bond acceptors (Lipinski definition) is 4. The Morgan fingerprint density at radius 1 is 1.40 bits per heavy atom. The lowest BCUT2D eigenvalue weighted by Gasteiger charge is -2.07. The van der Waals surface area contributed by atoms with Gasteiger partial charge in [0.15, 0.2) is 6.79 Å². The third-order valence-corrected chi connectivity index (χ3v) is 2.38. The van der Waals surface area contributed by atoms with Gasteiger partial charge in [-0.25, -0.2) is 4.79 Å². The lowest BCUT2D eigenvalue weighted by Crippen LogP contribution is -2.04. The summed E-state index contributed by atoms with van der Waals surface area (Å²) < 4.78 is 15.2. The molecule has 1 rings (SSSR count). The summed E-state index contributed by atoms with van der Waals surface area (Å²) >= 11 is 3.25. The molecular formula is C10H11BrO4. The minimum absolute atomic E-state index is 0.141. The van der Waals surface area contributed by atoms with Gasteiger partial charge in [-0.3, -0.25) is 0 Å². The highest BCUT2D eigenvalue weighted by Crippen LogP contribution is 2.23. The number of carbonyl (C=O) groups excluding carboxylic acids is 1. The van der Waals surface area contributed by atoms with E-state index in [9.17, 15) is 4.79 Å². The second-order valence-electron chi connectivity index (χ2n) is 2.68. The molecule has 0 heterocycles. The lowest BCUT2D eigenvalue weighted by molar-refractivity contribution is 0.0503. The molecule has 82 valence electrons. The summed E-state index contributed by atoms with van der Waals surface area (Å²) in [4.78, 5) is 11.3. The lowest BCUT2D eigenvalue weighted by atomic mass is 10.2. The number of ether oxygens (including phenoxy) is 3. The number of hydrogen-bond donors (Lipinski definition) is 0. The molecule has 0 amide bonds. The van der Waals surface area contributed by atoms with Crippen LogP contribution in [0.2, 0.25) is 0 Å². The van der Waals surface area contributed by atoms with E-state index in [4.69, 9.17) is 9.47 Å². The van der Waals surface area contributed by atoms with E-state index >= 15 is 0 Å². The van der Waals surface area contributed by atoms with Crippen molar-refractivity contribution in [2.75, 3.05) is 21.0 Å². The van der Waals surface area contributed by atoms with Crippen LogP contribution in [0.15, 0.2) is 22.7 Å². The molecular weight excluding hydrogens is 264 g/mol. The minimum Gasteiger partial charge on any atom is -0.468 e. The Morgan fingerprint density at radius 3 is 2.73 bits per heavy atom. The van der Waals surface area contributed by atoms with Gasteiger partial charge in [0.1, 0.15) is 5.75 Å². The fourth-order valence-corrected chi connectivity index (χ4v) is 1.40. The topological polar surface area (TPSA) is 44.8 Å². The Hall–Kier alpha value is -1.07. The van der Waals surface area contributed by atoms with E-state index in [1.807, 2.05) is 0 Å². The van der Waals surface area contributed by atoms with Gasteiger partial charge in [-0.15, -0.1) is 0 Å². The normalized spacial score (nSPS) is 9.80. The van der Waals surface area contributed by atoms with Crippen LogP contribution >= 0.6 is 15.9 Å². The van der Waals surface area contributed by atoms with Crippen molar-refractivity contribution in [2.45, 2.75) is 0 Å². The van der Waals surface area contributed by atoms with Gasteiger partial charge in [0.05, 0.1) is 12.7 Å². The summed E-state index contributed by atoms with van der Waals surface area (Å²) in [6.45, 7) is 0.141. The summed E-state index contributed by atoms with van der Waals surface area (Å²) in [5.41, 5.74) is 0.422. The summed E-state index contributed by atoms with van der Waals surface area (Å²) in [7, 11) is 2.86. The molecule has 0 saturated heterocycles. The zero-order chi connectivity index (χ0) is 11.3. The Balaban J connectivity index is 2.89. The Morgan fingerprint density at radius 2 is 2.13 bits per heavy atom. The van der Waals surface area contributed by atoms with Crippen LogP contribution in [0.3, 0.4) is 0 Å². The molecule has 0 aliphatic heterocycles. The van der Waals surface area contributed by atoms with E-state index in [1.54, 1.807) is 18.2 Å². The molecule has 0 unspecified atom stereocenters. The maximum atomic E-state index is 11.3. The van der Waals surface area contributed by atoms with E-state index in [0.29, 0.717) is 15.8 Å². The van der Waals surface area contributed by atoms with Gasteiger partial charge in [-0.05, 0) is 34.1 Å². The smallest absolute Gasteiger partial charge is 0.339 e. The van der Waals surface area contributed by atoms with Crippen molar-refractivity contribution < 1.29 is 19.0 Å². The largest absolute Gasteiger partial charge is 0.468 e. The molecule has 0 bridgehead atoms. The van der Waals surface area contributed by atoms with Crippen molar-refractivity contribution in [3.05, 3.63) is 28.2 Å². The van der Waals surface area contributed by atoms with E-state index in [2.05, 4.69) is 20.7 Å². The predicted octanol–water partition coefficient (Wildman–Crippen LogP) is 2.22. The standard InChI is InChI=1S/C10H11BrO4/c1-13-6-15-7-3-4-9(11)8(5-7)10(12)14-2/h3-5H,6H2,1-2H3. The van der Waals surface area contributed by atoms with Gasteiger partial charge in [0.2, 0.25) is 0 Å². The molecule has 0 radical (unpaired) electrons. The molecule has 0 saturated carbocycles. The van der Waals surface area contributed by atoms with Crippen LogP contribution in [0.1, 0.15) is 10.4 Å². The predicted molar refractivity (Wildman–Crippen MR) is 58.0 cm³/mol. The van der Waals surface area contributed by atoms with Crippen LogP contribution in [-0.2, 0) is 9.47 Å².